The minimum absolute atomic E-state index is 0.728. The van der Waals surface area contributed by atoms with Gasteiger partial charge in [-0.05, 0) is 12.5 Å². The minimum atomic E-state index is 0.728. The van der Waals surface area contributed by atoms with Crippen molar-refractivity contribution in [2.24, 2.45) is 14.1 Å². The fraction of sp³-hybridized carbons (Fsp3) is 0.188. The van der Waals surface area contributed by atoms with E-state index in [1.807, 2.05) is 10.6 Å². The number of imidazole rings is 2. The largest absolute Gasteiger partial charge is 0.291 e. The fourth-order valence-electron chi connectivity index (χ4n) is 2.90. The predicted molar refractivity (Wildman–Crippen MR) is 80.8 cm³/mol. The van der Waals surface area contributed by atoms with Crippen LogP contribution in [0.5, 0.6) is 0 Å². The van der Waals surface area contributed by atoms with Gasteiger partial charge in [-0.3, -0.25) is 4.40 Å². The van der Waals surface area contributed by atoms with Crippen LogP contribution in [-0.2, 0) is 14.1 Å². The minimum Gasteiger partial charge on any atom is -0.291 e. The van der Waals surface area contributed by atoms with Gasteiger partial charge in [-0.15, -0.1) is 0 Å². The molecule has 0 spiro atoms. The molecule has 0 aliphatic rings. The smallest absolute Gasteiger partial charge is 0.290 e. The number of hydrogen-bond donors (Lipinski definition) is 0. The van der Waals surface area contributed by atoms with Gasteiger partial charge in [0.05, 0.1) is 25.2 Å². The van der Waals surface area contributed by atoms with E-state index in [0.29, 0.717) is 0 Å². The SMILES string of the molecule is Cc1ccc2cn3ccnc3nc2c1-c1n(C)cc[n+]1C. The van der Waals surface area contributed by atoms with E-state index >= 15 is 0 Å². The third-order valence-corrected chi connectivity index (χ3v) is 3.96. The quantitative estimate of drug-likeness (QED) is 0.500. The van der Waals surface area contributed by atoms with E-state index in [-0.39, 0.29) is 0 Å². The Labute approximate surface area is 122 Å². The second-order valence-electron chi connectivity index (χ2n) is 5.41. The molecule has 0 radical (unpaired) electrons. The van der Waals surface area contributed by atoms with Gasteiger partial charge >= 0.3 is 0 Å². The lowest BCUT2D eigenvalue weighted by Crippen LogP contribution is -2.29. The third kappa shape index (κ3) is 1.67. The molecule has 21 heavy (non-hydrogen) atoms. The Bertz CT molecular complexity index is 958. The van der Waals surface area contributed by atoms with E-state index < -0.39 is 0 Å². The highest BCUT2D eigenvalue weighted by Gasteiger charge is 2.21. The second-order valence-corrected chi connectivity index (χ2v) is 5.41. The molecule has 104 valence electrons. The molecule has 3 heterocycles. The number of rotatable bonds is 1. The van der Waals surface area contributed by atoms with E-state index in [9.17, 15) is 0 Å². The summed E-state index contributed by atoms with van der Waals surface area (Å²) >= 11 is 0. The molecule has 0 aliphatic heterocycles. The summed E-state index contributed by atoms with van der Waals surface area (Å²) in [6.07, 6.45) is 9.89. The van der Waals surface area contributed by atoms with Crippen molar-refractivity contribution in [1.82, 2.24) is 18.9 Å². The molecule has 0 N–H and O–H groups in total. The Kier molecular flexibility index (Phi) is 2.39. The summed E-state index contributed by atoms with van der Waals surface area (Å²) in [6.45, 7) is 2.12. The first-order chi connectivity index (χ1) is 10.1. The molecule has 0 bridgehead atoms. The molecule has 5 heteroatoms. The zero-order chi connectivity index (χ0) is 14.6. The van der Waals surface area contributed by atoms with Crippen molar-refractivity contribution in [3.05, 3.63) is 48.7 Å². The normalized spacial score (nSPS) is 11.6. The third-order valence-electron chi connectivity index (χ3n) is 3.96. The van der Waals surface area contributed by atoms with Gasteiger partial charge in [0.25, 0.3) is 5.82 Å². The zero-order valence-corrected chi connectivity index (χ0v) is 12.3. The monoisotopic (exact) mass is 278 g/mol. The number of fused-ring (bicyclic) bond motifs is 2. The highest BCUT2D eigenvalue weighted by molar-refractivity contribution is 5.93. The van der Waals surface area contributed by atoms with Crippen LogP contribution < -0.4 is 4.57 Å². The summed E-state index contributed by atoms with van der Waals surface area (Å²) in [7, 11) is 4.11. The van der Waals surface area contributed by atoms with Gasteiger partial charge in [-0.25, -0.2) is 19.1 Å². The predicted octanol–water partition coefficient (Wildman–Crippen LogP) is 2.02. The van der Waals surface area contributed by atoms with Gasteiger partial charge in [-0.1, -0.05) is 12.1 Å². The van der Waals surface area contributed by atoms with Crippen molar-refractivity contribution in [2.45, 2.75) is 6.92 Å². The summed E-state index contributed by atoms with van der Waals surface area (Å²) in [4.78, 5) is 9.07. The summed E-state index contributed by atoms with van der Waals surface area (Å²) in [5, 5.41) is 1.11. The summed E-state index contributed by atoms with van der Waals surface area (Å²) in [5.74, 6) is 1.87. The van der Waals surface area contributed by atoms with Crippen LogP contribution in [0.4, 0.5) is 0 Å². The van der Waals surface area contributed by atoms with Gasteiger partial charge in [0.1, 0.15) is 12.4 Å². The van der Waals surface area contributed by atoms with Crippen LogP contribution in [0.15, 0.2) is 43.1 Å². The molecule has 0 fully saturated rings. The number of aryl methyl sites for hydroxylation is 3. The number of benzene rings is 1. The molecule has 4 rings (SSSR count). The van der Waals surface area contributed by atoms with Crippen molar-refractivity contribution in [1.29, 1.82) is 0 Å². The van der Waals surface area contributed by atoms with Gasteiger partial charge in [0.2, 0.25) is 5.78 Å². The topological polar surface area (TPSA) is 39.0 Å². The van der Waals surface area contributed by atoms with E-state index in [2.05, 4.69) is 65.9 Å². The maximum atomic E-state index is 4.76. The highest BCUT2D eigenvalue weighted by atomic mass is 15.1. The fourth-order valence-corrected chi connectivity index (χ4v) is 2.90. The lowest BCUT2D eigenvalue weighted by molar-refractivity contribution is -0.659. The van der Waals surface area contributed by atoms with Crippen LogP contribution in [0, 0.1) is 6.92 Å². The lowest BCUT2D eigenvalue weighted by Gasteiger charge is -2.08. The summed E-state index contributed by atoms with van der Waals surface area (Å²) < 4.78 is 6.20. The summed E-state index contributed by atoms with van der Waals surface area (Å²) in [5.41, 5.74) is 3.36. The van der Waals surface area contributed by atoms with Gasteiger partial charge in [0.15, 0.2) is 0 Å². The highest BCUT2D eigenvalue weighted by Crippen LogP contribution is 2.28. The Hall–Kier alpha value is -2.69. The Balaban J connectivity index is 2.18. The molecule has 5 nitrogen and oxygen atoms in total. The average Bonchev–Trinajstić information content (AvgIpc) is 3.04. The maximum Gasteiger partial charge on any atom is 0.290 e. The van der Waals surface area contributed by atoms with Crippen LogP contribution in [0.3, 0.4) is 0 Å². The molecular weight excluding hydrogens is 262 g/mol. The van der Waals surface area contributed by atoms with E-state index in [4.69, 9.17) is 4.98 Å². The molecule has 0 saturated heterocycles. The Morgan fingerprint density at radius 2 is 2.05 bits per heavy atom. The van der Waals surface area contributed by atoms with Gasteiger partial charge in [0, 0.05) is 24.0 Å². The first-order valence-corrected chi connectivity index (χ1v) is 6.89. The van der Waals surface area contributed by atoms with Crippen molar-refractivity contribution in [3.8, 4) is 11.4 Å². The van der Waals surface area contributed by atoms with Crippen LogP contribution in [0.1, 0.15) is 5.56 Å². The van der Waals surface area contributed by atoms with Crippen LogP contribution in [0.25, 0.3) is 28.1 Å². The molecule has 4 aromatic rings. The van der Waals surface area contributed by atoms with Gasteiger partial charge < -0.3 is 0 Å². The Morgan fingerprint density at radius 3 is 2.81 bits per heavy atom. The summed E-state index contributed by atoms with van der Waals surface area (Å²) in [6, 6.07) is 4.26. The number of nitrogens with zero attached hydrogens (tertiary/aromatic N) is 5. The van der Waals surface area contributed by atoms with E-state index in [1.54, 1.807) is 6.20 Å². The first-order valence-electron chi connectivity index (χ1n) is 6.89. The molecule has 0 aliphatic carbocycles. The van der Waals surface area contributed by atoms with Crippen molar-refractivity contribution < 1.29 is 4.57 Å². The maximum absolute atomic E-state index is 4.76. The molecule has 0 unspecified atom stereocenters. The lowest BCUT2D eigenvalue weighted by atomic mass is 10.0. The molecule has 3 aromatic heterocycles. The standard InChI is InChI=1S/C16H16N5/c1-11-4-5-12-10-21-7-6-17-16(21)18-14(12)13(11)15-19(2)8-9-20(15)3/h4-10H,1-3H3/q+1. The number of hydrogen-bond acceptors (Lipinski definition) is 2. The number of aromatic nitrogens is 5. The molecule has 0 atom stereocenters. The first kappa shape index (κ1) is 12.1. The molecular formula is C16H16N5+. The van der Waals surface area contributed by atoms with Crippen molar-refractivity contribution >= 4 is 16.7 Å². The van der Waals surface area contributed by atoms with Crippen LogP contribution >= 0.6 is 0 Å². The second kappa shape index (κ2) is 4.15. The Morgan fingerprint density at radius 1 is 1.19 bits per heavy atom. The molecule has 0 saturated carbocycles. The molecule has 0 amide bonds. The van der Waals surface area contributed by atoms with Crippen molar-refractivity contribution in [3.63, 3.8) is 0 Å². The van der Waals surface area contributed by atoms with Gasteiger partial charge in [-0.2, -0.15) is 0 Å². The van der Waals surface area contributed by atoms with Crippen LogP contribution in [0.2, 0.25) is 0 Å². The zero-order valence-electron chi connectivity index (χ0n) is 12.3. The average molecular weight is 278 g/mol. The van der Waals surface area contributed by atoms with Crippen LogP contribution in [-0.4, -0.2) is 18.9 Å². The molecule has 1 aromatic carbocycles. The van der Waals surface area contributed by atoms with Crippen molar-refractivity contribution in [2.75, 3.05) is 0 Å². The van der Waals surface area contributed by atoms with E-state index in [1.165, 1.54) is 5.56 Å². The van der Waals surface area contributed by atoms with E-state index in [0.717, 1.165) is 28.1 Å².